The van der Waals surface area contributed by atoms with E-state index in [9.17, 15) is 4.79 Å². The van der Waals surface area contributed by atoms with E-state index in [0.717, 1.165) is 0 Å². The fourth-order valence-corrected chi connectivity index (χ4v) is 0.666. The largest absolute Gasteiger partial charge is 0.480 e. The fourth-order valence-electron chi connectivity index (χ4n) is 0.666. The number of amides is 1. The number of rotatable bonds is 2. The Morgan fingerprint density at radius 3 is 2.43 bits per heavy atom. The summed E-state index contributed by atoms with van der Waals surface area (Å²) < 4.78 is 9.96. The van der Waals surface area contributed by atoms with Gasteiger partial charge in [0.2, 0.25) is 5.90 Å². The highest BCUT2D eigenvalue weighted by Gasteiger charge is 2.15. The zero-order valence-corrected chi connectivity index (χ0v) is 9.38. The molecule has 0 atom stereocenters. The van der Waals surface area contributed by atoms with Crippen molar-refractivity contribution in [1.82, 2.24) is 5.43 Å². The Morgan fingerprint density at radius 1 is 1.43 bits per heavy atom. The molecule has 0 radical (unpaired) electrons. The van der Waals surface area contributed by atoms with Crippen LogP contribution in [0.3, 0.4) is 0 Å². The third-order valence-electron chi connectivity index (χ3n) is 1.06. The van der Waals surface area contributed by atoms with Crippen molar-refractivity contribution >= 4 is 12.0 Å². The topological polar surface area (TPSA) is 59.9 Å². The minimum atomic E-state index is -0.587. The van der Waals surface area contributed by atoms with E-state index in [-0.39, 0.29) is 0 Å². The third kappa shape index (κ3) is 7.39. The van der Waals surface area contributed by atoms with Gasteiger partial charge in [-0.1, -0.05) is 0 Å². The lowest BCUT2D eigenvalue weighted by Crippen LogP contribution is -2.30. The molecule has 0 aromatic rings. The second-order valence-corrected chi connectivity index (χ2v) is 3.68. The smallest absolute Gasteiger partial charge is 0.428 e. The molecule has 0 heterocycles. The number of hydrogen-bond donors (Lipinski definition) is 1. The van der Waals surface area contributed by atoms with Crippen molar-refractivity contribution < 1.29 is 14.3 Å². The highest BCUT2D eigenvalue weighted by molar-refractivity contribution is 5.75. The second kappa shape index (κ2) is 5.47. The molecule has 0 fully saturated rings. The summed E-state index contributed by atoms with van der Waals surface area (Å²) in [6.07, 6.45) is -0.587. The first-order chi connectivity index (χ1) is 6.35. The van der Waals surface area contributed by atoms with Crippen molar-refractivity contribution in [3.63, 3.8) is 0 Å². The Kier molecular flexibility index (Phi) is 4.97. The van der Waals surface area contributed by atoms with Crippen molar-refractivity contribution in [2.45, 2.75) is 40.2 Å². The third-order valence-corrected chi connectivity index (χ3v) is 1.06. The van der Waals surface area contributed by atoms with Crippen LogP contribution in [-0.4, -0.2) is 24.2 Å². The molecule has 0 rings (SSSR count). The molecule has 1 amide bonds. The molecule has 0 spiro atoms. The first-order valence-corrected chi connectivity index (χ1v) is 4.51. The number of carbonyl (C=O) groups is 1. The summed E-state index contributed by atoms with van der Waals surface area (Å²) in [5, 5.41) is 3.67. The highest BCUT2D eigenvalue weighted by Crippen LogP contribution is 2.06. The fraction of sp³-hybridized carbons (Fsp3) is 0.778. The van der Waals surface area contributed by atoms with Crippen LogP contribution < -0.4 is 5.43 Å². The Balaban J connectivity index is 3.90. The summed E-state index contributed by atoms with van der Waals surface area (Å²) in [5.41, 5.74) is 1.71. The van der Waals surface area contributed by atoms with Gasteiger partial charge in [0.15, 0.2) is 0 Å². The molecule has 0 aliphatic carbocycles. The lowest BCUT2D eigenvalue weighted by Gasteiger charge is -2.18. The van der Waals surface area contributed by atoms with Crippen LogP contribution in [0.15, 0.2) is 5.10 Å². The summed E-state index contributed by atoms with van der Waals surface area (Å²) >= 11 is 0. The molecule has 0 aliphatic heterocycles. The molecule has 82 valence electrons. The second-order valence-electron chi connectivity index (χ2n) is 3.68. The molecule has 14 heavy (non-hydrogen) atoms. The zero-order valence-electron chi connectivity index (χ0n) is 9.38. The molecule has 0 aromatic heterocycles. The average molecular weight is 202 g/mol. The van der Waals surface area contributed by atoms with Gasteiger partial charge in [-0.2, -0.15) is 0 Å². The van der Waals surface area contributed by atoms with E-state index in [2.05, 4.69) is 10.5 Å². The van der Waals surface area contributed by atoms with Crippen molar-refractivity contribution in [3.05, 3.63) is 0 Å². The maximum Gasteiger partial charge on any atom is 0.428 e. The summed E-state index contributed by atoms with van der Waals surface area (Å²) in [6, 6.07) is 0. The highest BCUT2D eigenvalue weighted by atomic mass is 16.6. The van der Waals surface area contributed by atoms with Gasteiger partial charge < -0.3 is 9.47 Å². The maximum atomic E-state index is 11.1. The minimum Gasteiger partial charge on any atom is -0.480 e. The first kappa shape index (κ1) is 12.7. The predicted octanol–water partition coefficient (Wildman–Crippen LogP) is 1.88. The van der Waals surface area contributed by atoms with E-state index in [0.29, 0.717) is 12.5 Å². The van der Waals surface area contributed by atoms with Gasteiger partial charge in [0.05, 0.1) is 6.61 Å². The van der Waals surface area contributed by atoms with Crippen LogP contribution in [0.25, 0.3) is 0 Å². The monoisotopic (exact) mass is 202 g/mol. The lowest BCUT2D eigenvalue weighted by atomic mass is 10.2. The molecule has 0 saturated heterocycles. The normalized spacial score (nSPS) is 12.2. The summed E-state index contributed by atoms with van der Waals surface area (Å²) in [5.74, 6) is 0.401. The maximum absolute atomic E-state index is 11.1. The van der Waals surface area contributed by atoms with Crippen molar-refractivity contribution in [1.29, 1.82) is 0 Å². The molecular formula is C9H18N2O3. The van der Waals surface area contributed by atoms with E-state index in [1.165, 1.54) is 0 Å². The quantitative estimate of drug-likeness (QED) is 0.422. The number of hydrazone groups is 1. The van der Waals surface area contributed by atoms with Crippen molar-refractivity contribution in [3.8, 4) is 0 Å². The molecule has 0 saturated carbocycles. The molecule has 0 bridgehead atoms. The average Bonchev–Trinajstić information content (AvgIpc) is 1.98. The molecule has 1 N–H and O–H groups in total. The SMILES string of the molecule is CCO/C(C)=N\NC(=O)OC(C)(C)C. The van der Waals surface area contributed by atoms with Crippen LogP contribution in [0, 0.1) is 0 Å². The molecular weight excluding hydrogens is 184 g/mol. The minimum absolute atomic E-state index is 0.401. The Bertz CT molecular complexity index is 219. The Morgan fingerprint density at radius 2 is 2.00 bits per heavy atom. The number of ether oxygens (including phenoxy) is 2. The number of carbonyl (C=O) groups excluding carboxylic acids is 1. The summed E-state index contributed by atoms with van der Waals surface area (Å²) in [7, 11) is 0. The van der Waals surface area contributed by atoms with E-state index in [4.69, 9.17) is 9.47 Å². The van der Waals surface area contributed by atoms with Gasteiger partial charge in [-0.25, -0.2) is 10.2 Å². The van der Waals surface area contributed by atoms with Crippen LogP contribution in [0.2, 0.25) is 0 Å². The van der Waals surface area contributed by atoms with E-state index >= 15 is 0 Å². The number of nitrogens with zero attached hydrogens (tertiary/aromatic N) is 1. The van der Waals surface area contributed by atoms with Gasteiger partial charge in [0.1, 0.15) is 5.60 Å². The van der Waals surface area contributed by atoms with E-state index in [1.54, 1.807) is 27.7 Å². The van der Waals surface area contributed by atoms with Crippen molar-refractivity contribution in [2.24, 2.45) is 5.10 Å². The van der Waals surface area contributed by atoms with Gasteiger partial charge in [-0.05, 0) is 27.7 Å². The molecule has 0 aliphatic rings. The van der Waals surface area contributed by atoms with E-state index in [1.807, 2.05) is 6.92 Å². The van der Waals surface area contributed by atoms with E-state index < -0.39 is 11.7 Å². The molecule has 5 nitrogen and oxygen atoms in total. The van der Waals surface area contributed by atoms with Gasteiger partial charge in [-0.15, -0.1) is 5.10 Å². The Hall–Kier alpha value is -1.26. The van der Waals surface area contributed by atoms with Crippen LogP contribution >= 0.6 is 0 Å². The molecule has 5 heteroatoms. The Labute approximate surface area is 84.5 Å². The number of nitrogens with one attached hydrogen (secondary N) is 1. The molecule has 0 aromatic carbocycles. The standard InChI is InChI=1S/C9H18N2O3/c1-6-13-7(2)10-11-8(12)14-9(3,4)5/h6H2,1-5H3,(H,11,12)/b10-7-. The van der Waals surface area contributed by atoms with Gasteiger partial charge in [-0.3, -0.25) is 0 Å². The van der Waals surface area contributed by atoms with Crippen LogP contribution in [0.4, 0.5) is 4.79 Å². The van der Waals surface area contributed by atoms with Crippen molar-refractivity contribution in [2.75, 3.05) is 6.61 Å². The van der Waals surface area contributed by atoms with Gasteiger partial charge in [0.25, 0.3) is 0 Å². The summed E-state index contributed by atoms with van der Waals surface area (Å²) in [4.78, 5) is 11.1. The van der Waals surface area contributed by atoms with Crippen LogP contribution in [-0.2, 0) is 9.47 Å². The van der Waals surface area contributed by atoms with Gasteiger partial charge >= 0.3 is 6.09 Å². The summed E-state index contributed by atoms with van der Waals surface area (Å²) in [6.45, 7) is 9.36. The van der Waals surface area contributed by atoms with Crippen LogP contribution in [0.5, 0.6) is 0 Å². The van der Waals surface area contributed by atoms with Crippen LogP contribution in [0.1, 0.15) is 34.6 Å². The van der Waals surface area contributed by atoms with Gasteiger partial charge in [0, 0.05) is 6.92 Å². The lowest BCUT2D eigenvalue weighted by molar-refractivity contribution is 0.0527. The number of hydrogen-bond acceptors (Lipinski definition) is 4. The molecule has 0 unspecified atom stereocenters. The zero-order chi connectivity index (χ0) is 11.2. The predicted molar refractivity (Wildman–Crippen MR) is 54.1 cm³/mol. The first-order valence-electron chi connectivity index (χ1n) is 4.51.